The van der Waals surface area contributed by atoms with Crippen LogP contribution >= 0.6 is 15.9 Å². The summed E-state index contributed by atoms with van der Waals surface area (Å²) in [7, 11) is 1.37. The van der Waals surface area contributed by atoms with Gasteiger partial charge < -0.3 is 4.74 Å². The van der Waals surface area contributed by atoms with Gasteiger partial charge in [0, 0.05) is 10.7 Å². The third-order valence-corrected chi connectivity index (χ3v) is 3.02. The molecule has 5 heteroatoms. The van der Waals surface area contributed by atoms with E-state index in [2.05, 4.69) is 36.9 Å². The molecule has 2 rings (SSSR count). The van der Waals surface area contributed by atoms with E-state index >= 15 is 0 Å². The number of hydrogen-bond acceptors (Lipinski definition) is 3. The average molecular weight is 309 g/mol. The van der Waals surface area contributed by atoms with Crippen LogP contribution in [-0.4, -0.2) is 28.6 Å². The number of alkyl halides is 1. The Morgan fingerprint density at radius 1 is 1.56 bits per heavy atom. The summed E-state index contributed by atoms with van der Waals surface area (Å²) in [5.41, 5.74) is 2.23. The van der Waals surface area contributed by atoms with Crippen LogP contribution in [0.25, 0.3) is 17.0 Å². The fourth-order valence-corrected chi connectivity index (χ4v) is 1.93. The first-order valence-electron chi connectivity index (χ1n) is 5.55. The van der Waals surface area contributed by atoms with Crippen LogP contribution in [0, 0.1) is 0 Å². The number of carbonyl (C=O) groups excluding carboxylic acids is 1. The molecule has 1 N–H and O–H groups in total. The van der Waals surface area contributed by atoms with Gasteiger partial charge in [-0.1, -0.05) is 22.0 Å². The Morgan fingerprint density at radius 2 is 2.39 bits per heavy atom. The number of nitrogens with zero attached hydrogens (tertiary/aromatic N) is 1. The van der Waals surface area contributed by atoms with E-state index in [1.165, 1.54) is 7.11 Å². The maximum Gasteiger partial charge on any atom is 0.337 e. The molecule has 1 heterocycles. The Labute approximate surface area is 113 Å². The number of rotatable bonds is 4. The lowest BCUT2D eigenvalue weighted by Crippen LogP contribution is -2.00. The van der Waals surface area contributed by atoms with E-state index in [1.54, 1.807) is 12.1 Å². The van der Waals surface area contributed by atoms with Gasteiger partial charge in [-0.05, 0) is 30.7 Å². The van der Waals surface area contributed by atoms with E-state index in [0.717, 1.165) is 28.3 Å². The standard InChI is InChI=1S/C13H13BrN2O2/c1-18-13(17)9-5-6-10-11(4-2-3-7-14)15-16-12(10)8-9/h2,4-6,8H,3,7H2,1H3,(H,15,16). The van der Waals surface area contributed by atoms with E-state index in [9.17, 15) is 4.79 Å². The van der Waals surface area contributed by atoms with Crippen LogP contribution in [-0.2, 0) is 4.74 Å². The second kappa shape index (κ2) is 5.82. The number of benzene rings is 1. The topological polar surface area (TPSA) is 55.0 Å². The van der Waals surface area contributed by atoms with Gasteiger partial charge in [0.05, 0.1) is 23.9 Å². The smallest absolute Gasteiger partial charge is 0.337 e. The molecule has 0 aliphatic carbocycles. The van der Waals surface area contributed by atoms with Crippen LogP contribution < -0.4 is 0 Å². The summed E-state index contributed by atoms with van der Waals surface area (Å²) in [5, 5.41) is 9.05. The van der Waals surface area contributed by atoms with E-state index in [1.807, 2.05) is 12.1 Å². The normalized spacial score (nSPS) is 11.2. The summed E-state index contributed by atoms with van der Waals surface area (Å²) < 4.78 is 4.68. The summed E-state index contributed by atoms with van der Waals surface area (Å²) in [6, 6.07) is 5.36. The minimum Gasteiger partial charge on any atom is -0.465 e. The molecule has 0 fully saturated rings. The highest BCUT2D eigenvalue weighted by molar-refractivity contribution is 9.09. The fraction of sp³-hybridized carbons (Fsp3) is 0.231. The van der Waals surface area contributed by atoms with E-state index < -0.39 is 0 Å². The highest BCUT2D eigenvalue weighted by Gasteiger charge is 2.08. The van der Waals surface area contributed by atoms with Gasteiger partial charge in [-0.2, -0.15) is 5.10 Å². The number of esters is 1. The molecular formula is C13H13BrN2O2. The monoisotopic (exact) mass is 308 g/mol. The Hall–Kier alpha value is -1.62. The highest BCUT2D eigenvalue weighted by atomic mass is 79.9. The quantitative estimate of drug-likeness (QED) is 0.697. The molecule has 0 amide bonds. The van der Waals surface area contributed by atoms with Crippen molar-refractivity contribution in [1.29, 1.82) is 0 Å². The number of aromatic amines is 1. The number of halogens is 1. The Morgan fingerprint density at radius 3 is 3.11 bits per heavy atom. The maximum absolute atomic E-state index is 11.4. The minimum atomic E-state index is -0.345. The lowest BCUT2D eigenvalue weighted by atomic mass is 10.1. The predicted molar refractivity (Wildman–Crippen MR) is 74.9 cm³/mol. The van der Waals surface area contributed by atoms with Gasteiger partial charge in [0.2, 0.25) is 0 Å². The van der Waals surface area contributed by atoms with Crippen molar-refractivity contribution >= 4 is 38.9 Å². The van der Waals surface area contributed by atoms with Crippen LogP contribution in [0.3, 0.4) is 0 Å². The largest absolute Gasteiger partial charge is 0.465 e. The van der Waals surface area contributed by atoms with Crippen molar-refractivity contribution in [1.82, 2.24) is 10.2 Å². The van der Waals surface area contributed by atoms with Gasteiger partial charge in [-0.25, -0.2) is 4.79 Å². The number of ether oxygens (including phenoxy) is 1. The summed E-state index contributed by atoms with van der Waals surface area (Å²) in [4.78, 5) is 11.4. The number of carbonyl (C=O) groups is 1. The summed E-state index contributed by atoms with van der Waals surface area (Å²) in [6.07, 6.45) is 4.98. The van der Waals surface area contributed by atoms with Gasteiger partial charge in [-0.15, -0.1) is 0 Å². The molecule has 0 saturated heterocycles. The number of aromatic nitrogens is 2. The van der Waals surface area contributed by atoms with Gasteiger partial charge in [0.15, 0.2) is 0 Å². The lowest BCUT2D eigenvalue weighted by Gasteiger charge is -1.98. The summed E-state index contributed by atoms with van der Waals surface area (Å²) >= 11 is 3.37. The average Bonchev–Trinajstić information content (AvgIpc) is 2.80. The first-order valence-corrected chi connectivity index (χ1v) is 6.67. The molecule has 0 aliphatic rings. The molecule has 0 radical (unpaired) electrons. The molecule has 0 unspecified atom stereocenters. The number of H-pyrrole nitrogens is 1. The minimum absolute atomic E-state index is 0.345. The zero-order valence-electron chi connectivity index (χ0n) is 9.94. The predicted octanol–water partition coefficient (Wildman–Crippen LogP) is 3.15. The van der Waals surface area contributed by atoms with Crippen LogP contribution in [0.4, 0.5) is 0 Å². The van der Waals surface area contributed by atoms with Gasteiger partial charge >= 0.3 is 5.97 Å². The molecule has 0 saturated carbocycles. The Kier molecular flexibility index (Phi) is 4.15. The first-order chi connectivity index (χ1) is 8.76. The van der Waals surface area contributed by atoms with Gasteiger partial charge in [-0.3, -0.25) is 5.10 Å². The van der Waals surface area contributed by atoms with Gasteiger partial charge in [0.1, 0.15) is 0 Å². The van der Waals surface area contributed by atoms with Crippen LogP contribution in [0.1, 0.15) is 22.5 Å². The third-order valence-electron chi connectivity index (χ3n) is 2.56. The number of fused-ring (bicyclic) bond motifs is 1. The van der Waals surface area contributed by atoms with Crippen molar-refractivity contribution in [2.24, 2.45) is 0 Å². The number of nitrogens with one attached hydrogen (secondary N) is 1. The summed E-state index contributed by atoms with van der Waals surface area (Å²) in [5.74, 6) is -0.345. The number of allylic oxidation sites excluding steroid dienone is 1. The van der Waals surface area contributed by atoms with E-state index in [4.69, 9.17) is 0 Å². The zero-order chi connectivity index (χ0) is 13.0. The molecule has 18 heavy (non-hydrogen) atoms. The van der Waals surface area contributed by atoms with Gasteiger partial charge in [0.25, 0.3) is 0 Å². The molecule has 0 bridgehead atoms. The maximum atomic E-state index is 11.4. The van der Waals surface area contributed by atoms with Crippen LogP contribution in [0.5, 0.6) is 0 Å². The van der Waals surface area contributed by atoms with Crippen LogP contribution in [0.15, 0.2) is 24.3 Å². The van der Waals surface area contributed by atoms with E-state index in [-0.39, 0.29) is 5.97 Å². The van der Waals surface area contributed by atoms with Crippen LogP contribution in [0.2, 0.25) is 0 Å². The Bertz CT molecular complexity index is 590. The lowest BCUT2D eigenvalue weighted by molar-refractivity contribution is 0.0601. The number of hydrogen-bond donors (Lipinski definition) is 1. The molecule has 94 valence electrons. The van der Waals surface area contributed by atoms with Crippen molar-refractivity contribution in [3.05, 3.63) is 35.5 Å². The molecule has 0 aliphatic heterocycles. The van der Waals surface area contributed by atoms with E-state index in [0.29, 0.717) is 5.56 Å². The molecule has 4 nitrogen and oxygen atoms in total. The van der Waals surface area contributed by atoms with Crippen molar-refractivity contribution in [2.75, 3.05) is 12.4 Å². The molecule has 0 spiro atoms. The Balaban J connectivity index is 2.34. The SMILES string of the molecule is COC(=O)c1ccc2c(C=CCCBr)n[nH]c2c1. The molecule has 1 aromatic carbocycles. The fourth-order valence-electron chi connectivity index (χ4n) is 1.67. The third kappa shape index (κ3) is 2.61. The molecule has 1 aromatic heterocycles. The molecule has 0 atom stereocenters. The molecule has 2 aromatic rings. The summed E-state index contributed by atoms with van der Waals surface area (Å²) in [6.45, 7) is 0. The second-order valence-electron chi connectivity index (χ2n) is 3.74. The first kappa shape index (κ1) is 12.8. The second-order valence-corrected chi connectivity index (χ2v) is 4.53. The van der Waals surface area contributed by atoms with Crippen molar-refractivity contribution < 1.29 is 9.53 Å². The number of methoxy groups -OCH3 is 1. The molecular weight excluding hydrogens is 296 g/mol. The highest BCUT2D eigenvalue weighted by Crippen LogP contribution is 2.19. The van der Waals surface area contributed by atoms with Crippen molar-refractivity contribution in [2.45, 2.75) is 6.42 Å². The van der Waals surface area contributed by atoms with Crippen molar-refractivity contribution in [3.8, 4) is 0 Å². The zero-order valence-corrected chi connectivity index (χ0v) is 11.5. The van der Waals surface area contributed by atoms with Crippen molar-refractivity contribution in [3.63, 3.8) is 0 Å².